The van der Waals surface area contributed by atoms with Crippen LogP contribution in [0.5, 0.6) is 5.75 Å². The highest BCUT2D eigenvalue weighted by atomic mass is 35.5. The number of ketones is 2. The van der Waals surface area contributed by atoms with Gasteiger partial charge in [-0.05, 0) is 75.9 Å². The lowest BCUT2D eigenvalue weighted by atomic mass is 9.58. The average Bonchev–Trinajstić information content (AvgIpc) is 2.89. The number of nitrogens with two attached hydrogens (primary N) is 1. The van der Waals surface area contributed by atoms with E-state index in [9.17, 15) is 34.8 Å². The molecule has 0 saturated heterocycles. The monoisotopic (exact) mass is 587 g/mol. The number of likely N-dealkylation sites (N-methyl/N-ethyl adjacent to an activating group) is 1. The van der Waals surface area contributed by atoms with Crippen LogP contribution in [0.1, 0.15) is 60.0 Å². The van der Waals surface area contributed by atoms with Crippen molar-refractivity contribution in [1.29, 1.82) is 0 Å². The van der Waals surface area contributed by atoms with Crippen molar-refractivity contribution >= 4 is 29.1 Å². The van der Waals surface area contributed by atoms with Crippen molar-refractivity contribution in [2.75, 3.05) is 27.7 Å². The zero-order valence-electron chi connectivity index (χ0n) is 23.6. The summed E-state index contributed by atoms with van der Waals surface area (Å²) in [6.45, 7) is 1.39. The second kappa shape index (κ2) is 10.7. The van der Waals surface area contributed by atoms with Crippen molar-refractivity contribution in [2.24, 2.45) is 23.5 Å². The highest BCUT2D eigenvalue weighted by Crippen LogP contribution is 2.53. The van der Waals surface area contributed by atoms with Crippen LogP contribution in [0.3, 0.4) is 0 Å². The molecule has 0 spiro atoms. The standard InChI is InChI=1S/C30H38ClN3O7/c1-33(2)24-18-10-15-9-17-21(19(35)11-16(23(17)31)13-34(3)12-14-7-5-4-6-8-14)25(36)20(15)27(38)30(18,41)28(39)22(26(24)37)29(32)40/h11,14-15,18,24,35,37-38,41H,4-10,12-13H2,1-3H3,(H2,32,40)/t15-,18-,24-,30-/m0/s1. The molecule has 222 valence electrons. The van der Waals surface area contributed by atoms with Crippen LogP contribution in [0.4, 0.5) is 0 Å². The van der Waals surface area contributed by atoms with Crippen LogP contribution in [0.15, 0.2) is 28.7 Å². The van der Waals surface area contributed by atoms with E-state index in [0.717, 1.165) is 6.54 Å². The summed E-state index contributed by atoms with van der Waals surface area (Å²) in [4.78, 5) is 43.0. The number of halogens is 1. The van der Waals surface area contributed by atoms with Crippen molar-refractivity contribution in [3.05, 3.63) is 50.4 Å². The third-order valence-corrected chi connectivity index (χ3v) is 9.94. The molecule has 0 unspecified atom stereocenters. The van der Waals surface area contributed by atoms with Gasteiger partial charge in [-0.25, -0.2) is 0 Å². The molecule has 1 fully saturated rings. The van der Waals surface area contributed by atoms with E-state index in [2.05, 4.69) is 4.90 Å². The Bertz CT molecular complexity index is 1380. The number of nitrogens with zero attached hydrogens (tertiary/aromatic N) is 2. The largest absolute Gasteiger partial charge is 0.510 e. The van der Waals surface area contributed by atoms with E-state index in [0.29, 0.717) is 28.6 Å². The summed E-state index contributed by atoms with van der Waals surface area (Å²) in [6.07, 6.45) is 6.32. The highest BCUT2D eigenvalue weighted by molar-refractivity contribution is 6.33. The number of aliphatic hydroxyl groups is 3. The molecule has 1 saturated carbocycles. The first-order chi connectivity index (χ1) is 19.3. The number of rotatable bonds is 6. The average molecular weight is 588 g/mol. The van der Waals surface area contributed by atoms with Crippen LogP contribution in [-0.2, 0) is 22.6 Å². The molecule has 1 aromatic rings. The molecular formula is C30H38ClN3O7. The fourth-order valence-corrected chi connectivity index (χ4v) is 7.92. The van der Waals surface area contributed by atoms with Crippen LogP contribution in [0.2, 0.25) is 5.02 Å². The molecule has 41 heavy (non-hydrogen) atoms. The number of aromatic hydroxyl groups is 1. The van der Waals surface area contributed by atoms with Gasteiger partial charge in [-0.3, -0.25) is 19.3 Å². The Morgan fingerprint density at radius 2 is 1.78 bits per heavy atom. The molecule has 0 heterocycles. The van der Waals surface area contributed by atoms with Gasteiger partial charge < -0.3 is 31.1 Å². The summed E-state index contributed by atoms with van der Waals surface area (Å²) in [5, 5.41) is 45.4. The normalized spacial score (nSPS) is 28.7. The van der Waals surface area contributed by atoms with E-state index < -0.39 is 58.0 Å². The molecule has 0 radical (unpaired) electrons. The minimum atomic E-state index is -2.66. The number of hydrogen-bond donors (Lipinski definition) is 5. The SMILES string of the molecule is CN(Cc1cc(O)c2c(c1Cl)C[C@H]1C[C@H]3[C@H](N(C)C)C(O)=C(C(N)=O)C(=O)[C@@]3(O)C(O)=C1C2=O)CC1CCCCC1. The Kier molecular flexibility index (Phi) is 7.74. The maximum atomic E-state index is 13.8. The first kappa shape index (κ1) is 29.6. The maximum Gasteiger partial charge on any atom is 0.255 e. The number of Topliss-reactive ketones (excluding diaryl/α,β-unsaturated/α-hetero) is 2. The Balaban J connectivity index is 1.54. The molecule has 4 aliphatic rings. The zero-order chi connectivity index (χ0) is 30.0. The number of benzene rings is 1. The van der Waals surface area contributed by atoms with Gasteiger partial charge >= 0.3 is 0 Å². The van der Waals surface area contributed by atoms with Gasteiger partial charge in [0.2, 0.25) is 5.78 Å². The van der Waals surface area contributed by atoms with Gasteiger partial charge in [-0.2, -0.15) is 0 Å². The summed E-state index contributed by atoms with van der Waals surface area (Å²) in [6, 6.07) is 0.429. The number of fused-ring (bicyclic) bond motifs is 3. The van der Waals surface area contributed by atoms with E-state index in [4.69, 9.17) is 17.3 Å². The summed E-state index contributed by atoms with van der Waals surface area (Å²) >= 11 is 6.88. The number of carbonyl (C=O) groups is 3. The molecule has 1 amide bonds. The van der Waals surface area contributed by atoms with Gasteiger partial charge in [0.05, 0.1) is 11.6 Å². The summed E-state index contributed by atoms with van der Waals surface area (Å²) in [5.41, 5.74) is 2.75. The molecule has 5 rings (SSSR count). The first-order valence-corrected chi connectivity index (χ1v) is 14.5. The van der Waals surface area contributed by atoms with E-state index in [1.165, 1.54) is 43.1 Å². The molecular weight excluding hydrogens is 550 g/mol. The number of hydrogen-bond acceptors (Lipinski definition) is 9. The van der Waals surface area contributed by atoms with Gasteiger partial charge in [0.15, 0.2) is 11.4 Å². The van der Waals surface area contributed by atoms with Gasteiger partial charge in [-0.15, -0.1) is 0 Å². The minimum Gasteiger partial charge on any atom is -0.510 e. The molecule has 6 N–H and O–H groups in total. The van der Waals surface area contributed by atoms with E-state index in [1.807, 2.05) is 7.05 Å². The number of phenolic OH excluding ortho intramolecular Hbond substituents is 1. The third kappa shape index (κ3) is 4.65. The Morgan fingerprint density at radius 1 is 1.12 bits per heavy atom. The molecule has 0 aromatic heterocycles. The smallest absolute Gasteiger partial charge is 0.255 e. The van der Waals surface area contributed by atoms with Gasteiger partial charge in [0.1, 0.15) is 22.8 Å². The lowest BCUT2D eigenvalue weighted by molar-refractivity contribution is -0.148. The first-order valence-electron chi connectivity index (χ1n) is 14.2. The van der Waals surface area contributed by atoms with E-state index >= 15 is 0 Å². The zero-order valence-corrected chi connectivity index (χ0v) is 24.4. The fraction of sp³-hybridized carbons (Fsp3) is 0.567. The van der Waals surface area contributed by atoms with Crippen LogP contribution >= 0.6 is 11.6 Å². The van der Waals surface area contributed by atoms with E-state index in [1.54, 1.807) is 14.1 Å². The molecule has 11 heteroatoms. The lowest BCUT2D eigenvalue weighted by Crippen LogP contribution is -2.63. The van der Waals surface area contributed by atoms with E-state index in [-0.39, 0.29) is 29.7 Å². The predicted octanol–water partition coefficient (Wildman–Crippen LogP) is 2.79. The van der Waals surface area contributed by atoms with Crippen LogP contribution in [-0.4, -0.2) is 87.0 Å². The number of amides is 1. The fourth-order valence-electron chi connectivity index (χ4n) is 7.63. The highest BCUT2D eigenvalue weighted by Gasteiger charge is 2.63. The summed E-state index contributed by atoms with van der Waals surface area (Å²) < 4.78 is 0. The third-order valence-electron chi connectivity index (χ3n) is 9.47. The Morgan fingerprint density at radius 3 is 2.39 bits per heavy atom. The maximum absolute atomic E-state index is 13.8. The van der Waals surface area contributed by atoms with Crippen LogP contribution in [0, 0.1) is 17.8 Å². The summed E-state index contributed by atoms with van der Waals surface area (Å²) in [7, 11) is 5.20. The van der Waals surface area contributed by atoms with Crippen molar-refractivity contribution < 1.29 is 34.8 Å². The van der Waals surface area contributed by atoms with Crippen molar-refractivity contribution in [1.82, 2.24) is 9.80 Å². The molecule has 0 aliphatic heterocycles. The molecule has 4 atom stereocenters. The predicted molar refractivity (Wildman–Crippen MR) is 152 cm³/mol. The van der Waals surface area contributed by atoms with Gasteiger partial charge in [0, 0.05) is 29.6 Å². The number of aliphatic hydroxyl groups excluding tert-OH is 2. The number of primary amides is 1. The number of carbonyl (C=O) groups excluding carboxylic acids is 3. The molecule has 1 aromatic carbocycles. The lowest BCUT2D eigenvalue weighted by Gasteiger charge is -2.50. The Hall–Kier alpha value is -2.92. The van der Waals surface area contributed by atoms with Crippen molar-refractivity contribution in [3.8, 4) is 5.75 Å². The number of allylic oxidation sites excluding steroid dienone is 1. The van der Waals surface area contributed by atoms with Crippen molar-refractivity contribution in [2.45, 2.75) is 63.1 Å². The van der Waals surface area contributed by atoms with Gasteiger partial charge in [-0.1, -0.05) is 30.9 Å². The molecule has 10 nitrogen and oxygen atoms in total. The second-order valence-electron chi connectivity index (χ2n) is 12.4. The number of phenols is 1. The van der Waals surface area contributed by atoms with Crippen LogP contribution < -0.4 is 5.73 Å². The Labute approximate surface area is 244 Å². The van der Waals surface area contributed by atoms with Crippen LogP contribution in [0.25, 0.3) is 0 Å². The quantitative estimate of drug-likeness (QED) is 0.315. The summed E-state index contributed by atoms with van der Waals surface area (Å²) in [5.74, 6) is -6.15. The minimum absolute atomic E-state index is 0.0225. The molecule has 0 bridgehead atoms. The second-order valence-corrected chi connectivity index (χ2v) is 12.8. The topological polar surface area (TPSA) is 165 Å². The van der Waals surface area contributed by atoms with Crippen molar-refractivity contribution in [3.63, 3.8) is 0 Å². The van der Waals surface area contributed by atoms with Gasteiger partial charge in [0.25, 0.3) is 5.91 Å². The molecule has 4 aliphatic carbocycles.